The number of hydrogen-bond acceptors (Lipinski definition) is 8. The van der Waals surface area contributed by atoms with Crippen LogP contribution in [0.4, 0.5) is 0 Å². The Morgan fingerprint density at radius 1 is 1.05 bits per heavy atom. The van der Waals surface area contributed by atoms with Gasteiger partial charge < -0.3 is 14.2 Å². The number of carbonyl (C=O) groups excluding carboxylic acids is 1. The van der Waals surface area contributed by atoms with Gasteiger partial charge in [0, 0.05) is 5.56 Å². The normalized spacial score (nSPS) is 14.5. The second kappa shape index (κ2) is 12.7. The quantitative estimate of drug-likeness (QED) is 0.268. The number of benzene rings is 3. The van der Waals surface area contributed by atoms with Crippen LogP contribution < -0.4 is 24.4 Å². The van der Waals surface area contributed by atoms with Crippen molar-refractivity contribution in [1.29, 1.82) is 5.26 Å². The highest BCUT2D eigenvalue weighted by atomic mass is 32.1. The zero-order valence-electron chi connectivity index (χ0n) is 23.5. The van der Waals surface area contributed by atoms with E-state index in [4.69, 9.17) is 19.2 Å². The lowest BCUT2D eigenvalue weighted by molar-refractivity contribution is -0.136. The molecule has 1 aliphatic heterocycles. The minimum absolute atomic E-state index is 0.212. The summed E-state index contributed by atoms with van der Waals surface area (Å²) in [5, 5.41) is 9.39. The molecule has 0 amide bonds. The Balaban J connectivity index is 1.56. The summed E-state index contributed by atoms with van der Waals surface area (Å²) < 4.78 is 19.1. The molecule has 0 bridgehead atoms. The van der Waals surface area contributed by atoms with Crippen LogP contribution in [-0.2, 0) is 16.1 Å². The first-order valence-electron chi connectivity index (χ1n) is 13.5. The van der Waals surface area contributed by atoms with E-state index in [0.29, 0.717) is 50.7 Å². The maximum atomic E-state index is 13.9. The number of thiazole rings is 1. The fraction of sp³-hybridized carbons (Fsp3) is 0.212. The molecule has 0 N–H and O–H groups in total. The van der Waals surface area contributed by atoms with Crippen LogP contribution in [0.2, 0.25) is 0 Å². The molecule has 0 radical (unpaired) electrons. The van der Waals surface area contributed by atoms with E-state index in [-0.39, 0.29) is 12.2 Å². The Hall–Kier alpha value is -4.94. The third-order valence-corrected chi connectivity index (χ3v) is 7.83. The van der Waals surface area contributed by atoms with Crippen LogP contribution in [-0.4, -0.2) is 24.3 Å². The number of nitriles is 1. The molecular formula is C33H29N3O5S. The zero-order chi connectivity index (χ0) is 29.6. The van der Waals surface area contributed by atoms with Gasteiger partial charge in [0.1, 0.15) is 6.61 Å². The first-order chi connectivity index (χ1) is 20.5. The molecule has 5 rings (SSSR count). The zero-order valence-corrected chi connectivity index (χ0v) is 24.3. The van der Waals surface area contributed by atoms with E-state index in [9.17, 15) is 14.9 Å². The Morgan fingerprint density at radius 3 is 2.52 bits per heavy atom. The molecule has 3 aromatic carbocycles. The Labute approximate surface area is 247 Å². The van der Waals surface area contributed by atoms with Crippen LogP contribution >= 0.6 is 11.3 Å². The molecule has 1 atom stereocenters. The molecule has 1 aliphatic rings. The summed E-state index contributed by atoms with van der Waals surface area (Å²) in [5.41, 5.74) is 3.58. The van der Waals surface area contributed by atoms with E-state index in [0.717, 1.165) is 16.7 Å². The van der Waals surface area contributed by atoms with Crippen molar-refractivity contribution < 1.29 is 19.0 Å². The number of fused-ring (bicyclic) bond motifs is 1. The van der Waals surface area contributed by atoms with Gasteiger partial charge in [-0.25, -0.2) is 9.79 Å². The highest BCUT2D eigenvalue weighted by Gasteiger charge is 2.33. The van der Waals surface area contributed by atoms with Crippen molar-refractivity contribution in [1.82, 2.24) is 4.57 Å². The lowest BCUT2D eigenvalue weighted by Gasteiger charge is -2.25. The number of ether oxygens (including phenoxy) is 3. The van der Waals surface area contributed by atoms with Crippen LogP contribution in [0, 0.1) is 11.3 Å². The number of aromatic nitrogens is 1. The van der Waals surface area contributed by atoms with Crippen LogP contribution in [0.25, 0.3) is 6.08 Å². The molecule has 0 aliphatic carbocycles. The first-order valence-corrected chi connectivity index (χ1v) is 14.4. The van der Waals surface area contributed by atoms with Crippen molar-refractivity contribution in [2.24, 2.45) is 4.99 Å². The lowest BCUT2D eigenvalue weighted by atomic mass is 9.95. The van der Waals surface area contributed by atoms with Crippen molar-refractivity contribution in [2.45, 2.75) is 32.9 Å². The van der Waals surface area contributed by atoms with E-state index >= 15 is 0 Å². The minimum atomic E-state index is -0.655. The topological polar surface area (TPSA) is 103 Å². The van der Waals surface area contributed by atoms with Crippen molar-refractivity contribution in [3.63, 3.8) is 0 Å². The van der Waals surface area contributed by atoms with E-state index in [1.165, 1.54) is 18.4 Å². The molecule has 0 unspecified atom stereocenters. The van der Waals surface area contributed by atoms with Gasteiger partial charge in [-0.1, -0.05) is 72.9 Å². The highest BCUT2D eigenvalue weighted by Crippen LogP contribution is 2.32. The van der Waals surface area contributed by atoms with Gasteiger partial charge in [-0.15, -0.1) is 0 Å². The van der Waals surface area contributed by atoms with Crippen molar-refractivity contribution >= 4 is 23.4 Å². The fourth-order valence-corrected chi connectivity index (χ4v) is 5.90. The van der Waals surface area contributed by atoms with E-state index in [1.54, 1.807) is 22.8 Å². The standard InChI is InChI=1S/C33H29N3O5S/c1-4-25-29(32(38)39-3)30(22-11-7-6-8-12-22)36-31(37)28(42-33(36)35-25)18-21-15-16-26(27(17-21)40-5-2)41-20-24-14-10-9-13-23(24)19-34/h6-18,30H,4-5,20H2,1-3H3/b28-18-/t30-/m1/s1. The molecule has 1 aromatic heterocycles. The summed E-state index contributed by atoms with van der Waals surface area (Å²) in [7, 11) is 1.33. The maximum Gasteiger partial charge on any atom is 0.338 e. The third-order valence-electron chi connectivity index (χ3n) is 6.85. The second-order valence-corrected chi connectivity index (χ2v) is 10.4. The second-order valence-electron chi connectivity index (χ2n) is 9.40. The van der Waals surface area contributed by atoms with Gasteiger partial charge in [0.05, 0.1) is 47.2 Å². The third kappa shape index (κ3) is 5.62. The molecule has 2 heterocycles. The maximum absolute atomic E-state index is 13.9. The summed E-state index contributed by atoms with van der Waals surface area (Å²) in [5.74, 6) is 0.549. The van der Waals surface area contributed by atoms with E-state index in [1.807, 2.05) is 74.5 Å². The van der Waals surface area contributed by atoms with Crippen molar-refractivity contribution in [3.8, 4) is 17.6 Å². The van der Waals surface area contributed by atoms with E-state index < -0.39 is 12.0 Å². The number of carbonyl (C=O) groups is 1. The molecule has 212 valence electrons. The molecule has 8 nitrogen and oxygen atoms in total. The number of allylic oxidation sites excluding steroid dienone is 1. The molecule has 0 fully saturated rings. The van der Waals surface area contributed by atoms with Gasteiger partial charge in [-0.3, -0.25) is 9.36 Å². The van der Waals surface area contributed by atoms with Gasteiger partial charge in [0.15, 0.2) is 16.3 Å². The summed E-state index contributed by atoms with van der Waals surface area (Å²) in [6.45, 7) is 4.44. The van der Waals surface area contributed by atoms with E-state index in [2.05, 4.69) is 6.07 Å². The van der Waals surface area contributed by atoms with Gasteiger partial charge in [0.2, 0.25) is 0 Å². The fourth-order valence-electron chi connectivity index (χ4n) is 4.88. The number of rotatable bonds is 9. The van der Waals surface area contributed by atoms with Crippen LogP contribution in [0.5, 0.6) is 11.5 Å². The average Bonchev–Trinajstić information content (AvgIpc) is 3.33. The van der Waals surface area contributed by atoms with Crippen molar-refractivity contribution in [3.05, 3.63) is 126 Å². The minimum Gasteiger partial charge on any atom is -0.490 e. The molecule has 9 heteroatoms. The SMILES string of the molecule is CCOc1cc(/C=c2\sc3n(c2=O)[C@H](c2ccccc2)C(C(=O)OC)=C(CC)N=3)ccc1OCc1ccccc1C#N. The molecule has 0 spiro atoms. The molecule has 42 heavy (non-hydrogen) atoms. The average molecular weight is 580 g/mol. The Bertz CT molecular complexity index is 1880. The molecular weight excluding hydrogens is 550 g/mol. The monoisotopic (exact) mass is 579 g/mol. The number of methoxy groups -OCH3 is 1. The molecule has 0 saturated carbocycles. The predicted octanol–water partition coefficient (Wildman–Crippen LogP) is 4.65. The van der Waals surface area contributed by atoms with Crippen LogP contribution in [0.15, 0.2) is 93.9 Å². The highest BCUT2D eigenvalue weighted by molar-refractivity contribution is 7.07. The van der Waals surface area contributed by atoms with Crippen LogP contribution in [0.1, 0.15) is 48.6 Å². The largest absolute Gasteiger partial charge is 0.490 e. The van der Waals surface area contributed by atoms with Gasteiger partial charge >= 0.3 is 5.97 Å². The predicted molar refractivity (Wildman–Crippen MR) is 160 cm³/mol. The number of hydrogen-bond donors (Lipinski definition) is 0. The Morgan fingerprint density at radius 2 is 1.81 bits per heavy atom. The summed E-state index contributed by atoms with van der Waals surface area (Å²) >= 11 is 1.27. The number of nitrogens with zero attached hydrogens (tertiary/aromatic N) is 3. The number of esters is 1. The van der Waals surface area contributed by atoms with Crippen LogP contribution in [0.3, 0.4) is 0 Å². The first kappa shape index (κ1) is 28.6. The molecule has 4 aromatic rings. The van der Waals surface area contributed by atoms with Gasteiger partial charge in [-0.2, -0.15) is 5.26 Å². The summed E-state index contributed by atoms with van der Waals surface area (Å²) in [6, 6.07) is 23.7. The van der Waals surface area contributed by atoms with Gasteiger partial charge in [-0.05, 0) is 48.7 Å². The molecule has 0 saturated heterocycles. The van der Waals surface area contributed by atoms with Gasteiger partial charge in [0.25, 0.3) is 5.56 Å². The smallest absolute Gasteiger partial charge is 0.338 e. The summed E-state index contributed by atoms with van der Waals surface area (Å²) in [4.78, 5) is 32.1. The lowest BCUT2D eigenvalue weighted by Crippen LogP contribution is -2.40. The van der Waals surface area contributed by atoms with Crippen molar-refractivity contribution in [2.75, 3.05) is 13.7 Å². The summed E-state index contributed by atoms with van der Waals surface area (Å²) in [6.07, 6.45) is 2.30. The Kier molecular flexibility index (Phi) is 8.65.